The fraction of sp³-hybridized carbons (Fsp3) is 0.227. The molecule has 1 aromatic carbocycles. The molecule has 1 aliphatic heterocycles. The van der Waals surface area contributed by atoms with Crippen molar-refractivity contribution in [2.24, 2.45) is 0 Å². The summed E-state index contributed by atoms with van der Waals surface area (Å²) in [4.78, 5) is 6.40. The monoisotopic (exact) mass is 362 g/mol. The summed E-state index contributed by atoms with van der Waals surface area (Å²) in [6.07, 6.45) is 8.45. The van der Waals surface area contributed by atoms with Crippen molar-refractivity contribution in [2.75, 3.05) is 19.7 Å². The quantitative estimate of drug-likeness (QED) is 0.751. The predicted octanol–water partition coefficient (Wildman–Crippen LogP) is 3.66. The second kappa shape index (κ2) is 8.20. The second-order valence-electron chi connectivity index (χ2n) is 6.56. The Kier molecular flexibility index (Phi) is 5.32. The zero-order valence-corrected chi connectivity index (χ0v) is 15.0. The molecule has 27 heavy (non-hydrogen) atoms. The minimum absolute atomic E-state index is 0.645. The lowest BCUT2D eigenvalue weighted by Crippen LogP contribution is -2.25. The first-order chi connectivity index (χ1) is 13.3. The van der Waals surface area contributed by atoms with Gasteiger partial charge in [-0.1, -0.05) is 18.2 Å². The molecule has 4 rings (SSSR count). The van der Waals surface area contributed by atoms with Crippen LogP contribution >= 0.6 is 0 Å². The summed E-state index contributed by atoms with van der Waals surface area (Å²) in [6.45, 7) is 3.06. The topological polar surface area (TPSA) is 58.7 Å². The van der Waals surface area contributed by atoms with Crippen molar-refractivity contribution in [1.29, 1.82) is 0 Å². The van der Waals surface area contributed by atoms with E-state index in [1.807, 2.05) is 48.5 Å². The number of rotatable bonds is 5. The third kappa shape index (κ3) is 4.27. The average molecular weight is 362 g/mol. The normalized spacial score (nSPS) is 15.9. The van der Waals surface area contributed by atoms with Gasteiger partial charge in [-0.2, -0.15) is 0 Å². The van der Waals surface area contributed by atoms with Gasteiger partial charge in [0.05, 0.1) is 6.26 Å². The van der Waals surface area contributed by atoms with Gasteiger partial charge in [-0.25, -0.2) is 0 Å². The molecule has 0 bridgehead atoms. The molecule has 1 unspecified atom stereocenters. The molecule has 0 aliphatic carbocycles. The number of benzene rings is 1. The molecule has 2 aromatic heterocycles. The van der Waals surface area contributed by atoms with Gasteiger partial charge in [0, 0.05) is 43.2 Å². The van der Waals surface area contributed by atoms with Crippen LogP contribution in [0, 0.1) is 0 Å². The van der Waals surface area contributed by atoms with Gasteiger partial charge in [0.2, 0.25) is 0 Å². The molecular formula is C22H22N2O3. The molecule has 3 heterocycles. The number of aliphatic hydroxyl groups is 1. The molecule has 3 aromatic rings. The number of furan rings is 1. The van der Waals surface area contributed by atoms with E-state index in [1.165, 1.54) is 0 Å². The van der Waals surface area contributed by atoms with E-state index < -0.39 is 6.10 Å². The molecule has 0 amide bonds. The molecule has 1 N–H and O–H groups in total. The lowest BCUT2D eigenvalue weighted by atomic mass is 10.0. The van der Waals surface area contributed by atoms with Gasteiger partial charge in [0.25, 0.3) is 0 Å². The third-order valence-electron chi connectivity index (χ3n) is 4.65. The van der Waals surface area contributed by atoms with E-state index in [2.05, 4.69) is 16.0 Å². The average Bonchev–Trinajstić information content (AvgIpc) is 3.14. The molecule has 1 atom stereocenters. The maximum absolute atomic E-state index is 10.7. The Morgan fingerprint density at radius 2 is 2.15 bits per heavy atom. The van der Waals surface area contributed by atoms with E-state index in [9.17, 15) is 5.11 Å². The number of hydrogen-bond acceptors (Lipinski definition) is 5. The number of pyridine rings is 1. The number of fused-ring (bicyclic) bond motifs is 1. The Hall–Kier alpha value is -2.89. The second-order valence-corrected chi connectivity index (χ2v) is 6.56. The van der Waals surface area contributed by atoms with Crippen molar-refractivity contribution in [2.45, 2.75) is 12.6 Å². The highest BCUT2D eigenvalue weighted by molar-refractivity contribution is 5.43. The van der Waals surface area contributed by atoms with Gasteiger partial charge in [-0.05, 0) is 42.0 Å². The van der Waals surface area contributed by atoms with E-state index in [0.29, 0.717) is 6.61 Å². The van der Waals surface area contributed by atoms with Crippen molar-refractivity contribution >= 4 is 6.08 Å². The van der Waals surface area contributed by atoms with Gasteiger partial charge >= 0.3 is 0 Å². The molecular weight excluding hydrogens is 340 g/mol. The maximum atomic E-state index is 10.7. The van der Waals surface area contributed by atoms with Crippen molar-refractivity contribution in [3.63, 3.8) is 0 Å². The summed E-state index contributed by atoms with van der Waals surface area (Å²) in [5, 5.41) is 10.7. The van der Waals surface area contributed by atoms with Crippen LogP contribution in [0.2, 0.25) is 0 Å². The summed E-state index contributed by atoms with van der Waals surface area (Å²) < 4.78 is 11.2. The Balaban J connectivity index is 1.49. The minimum atomic E-state index is -0.695. The first-order valence-electron chi connectivity index (χ1n) is 9.05. The summed E-state index contributed by atoms with van der Waals surface area (Å²) in [6, 6.07) is 13.4. The van der Waals surface area contributed by atoms with E-state index >= 15 is 0 Å². The van der Waals surface area contributed by atoms with E-state index in [-0.39, 0.29) is 0 Å². The largest absolute Gasteiger partial charge is 0.492 e. The summed E-state index contributed by atoms with van der Waals surface area (Å²) in [5.41, 5.74) is 2.71. The van der Waals surface area contributed by atoms with Crippen LogP contribution in [0.3, 0.4) is 0 Å². The van der Waals surface area contributed by atoms with Crippen LogP contribution in [0.4, 0.5) is 0 Å². The summed E-state index contributed by atoms with van der Waals surface area (Å²) in [5.74, 6) is 1.73. The van der Waals surface area contributed by atoms with Crippen molar-refractivity contribution in [1.82, 2.24) is 9.88 Å². The van der Waals surface area contributed by atoms with Crippen LogP contribution < -0.4 is 4.74 Å². The Bertz CT molecular complexity index is 891. The zero-order valence-electron chi connectivity index (χ0n) is 15.0. The lowest BCUT2D eigenvalue weighted by molar-refractivity contribution is 0.219. The molecule has 0 saturated carbocycles. The first kappa shape index (κ1) is 17.5. The van der Waals surface area contributed by atoms with E-state index in [1.54, 1.807) is 18.7 Å². The van der Waals surface area contributed by atoms with Gasteiger partial charge in [0.15, 0.2) is 0 Å². The highest BCUT2D eigenvalue weighted by Crippen LogP contribution is 2.29. The van der Waals surface area contributed by atoms with E-state index in [0.717, 1.165) is 47.8 Å². The summed E-state index contributed by atoms with van der Waals surface area (Å²) in [7, 11) is 0. The smallest absolute Gasteiger partial charge is 0.126 e. The number of ether oxygens (including phenoxy) is 1. The number of aliphatic hydroxyl groups excluding tert-OH is 1. The number of nitrogens with zero attached hydrogens (tertiary/aromatic N) is 2. The molecule has 5 nitrogen and oxygen atoms in total. The molecule has 1 aliphatic rings. The zero-order chi connectivity index (χ0) is 18.5. The van der Waals surface area contributed by atoms with Crippen LogP contribution in [-0.2, 0) is 6.54 Å². The molecule has 0 fully saturated rings. The van der Waals surface area contributed by atoms with Gasteiger partial charge in [-0.3, -0.25) is 9.88 Å². The Labute approximate surface area is 158 Å². The van der Waals surface area contributed by atoms with Crippen molar-refractivity contribution < 1.29 is 14.3 Å². The van der Waals surface area contributed by atoms with Crippen LogP contribution in [0.5, 0.6) is 5.75 Å². The molecule has 0 radical (unpaired) electrons. The SMILES string of the molecule is OC(c1cccnc1)c1ccc2c(c1)CN(C/C=C/c1ccco1)CCO2. The minimum Gasteiger partial charge on any atom is -0.492 e. The van der Waals surface area contributed by atoms with Gasteiger partial charge in [0.1, 0.15) is 24.2 Å². The van der Waals surface area contributed by atoms with Crippen molar-refractivity contribution in [3.8, 4) is 5.75 Å². The Morgan fingerprint density at radius 3 is 2.96 bits per heavy atom. The highest BCUT2D eigenvalue weighted by atomic mass is 16.5. The standard InChI is InChI=1S/C22H22N2O3/c25-22(18-4-1-9-23-15-18)17-7-8-21-19(14-17)16-24(11-13-27-21)10-2-5-20-6-3-12-26-20/h1-9,12,14-15,22,25H,10-11,13,16H2/b5-2+. The fourth-order valence-corrected chi connectivity index (χ4v) is 3.23. The molecule has 5 heteroatoms. The predicted molar refractivity (Wildman–Crippen MR) is 103 cm³/mol. The highest BCUT2D eigenvalue weighted by Gasteiger charge is 2.18. The van der Waals surface area contributed by atoms with E-state index in [4.69, 9.17) is 9.15 Å². The van der Waals surface area contributed by atoms with Crippen LogP contribution in [0.25, 0.3) is 6.08 Å². The maximum Gasteiger partial charge on any atom is 0.126 e. The van der Waals surface area contributed by atoms with Crippen molar-refractivity contribution in [3.05, 3.63) is 89.6 Å². The molecule has 138 valence electrons. The third-order valence-corrected chi connectivity index (χ3v) is 4.65. The van der Waals surface area contributed by atoms with Crippen LogP contribution in [0.1, 0.15) is 28.6 Å². The lowest BCUT2D eigenvalue weighted by Gasteiger charge is -2.18. The van der Waals surface area contributed by atoms with Crippen LogP contribution in [0.15, 0.2) is 71.6 Å². The molecule has 0 saturated heterocycles. The number of aromatic nitrogens is 1. The molecule has 0 spiro atoms. The van der Waals surface area contributed by atoms with Gasteiger partial charge in [-0.15, -0.1) is 0 Å². The van der Waals surface area contributed by atoms with Gasteiger partial charge < -0.3 is 14.3 Å². The van der Waals surface area contributed by atoms with Crippen LogP contribution in [-0.4, -0.2) is 34.7 Å². The fourth-order valence-electron chi connectivity index (χ4n) is 3.23. The Morgan fingerprint density at radius 1 is 1.19 bits per heavy atom. The summed E-state index contributed by atoms with van der Waals surface area (Å²) >= 11 is 0. The number of hydrogen-bond donors (Lipinski definition) is 1. The first-order valence-corrected chi connectivity index (χ1v) is 9.05.